The van der Waals surface area contributed by atoms with Crippen LogP contribution >= 0.6 is 7.14 Å². The van der Waals surface area contributed by atoms with Crippen molar-refractivity contribution in [1.29, 1.82) is 0 Å². The van der Waals surface area contributed by atoms with E-state index in [0.29, 0.717) is 48.7 Å². The van der Waals surface area contributed by atoms with E-state index in [4.69, 9.17) is 18.9 Å². The van der Waals surface area contributed by atoms with E-state index in [1.165, 1.54) is 0 Å². The zero-order chi connectivity index (χ0) is 37.0. The van der Waals surface area contributed by atoms with Crippen LogP contribution in [0.5, 0.6) is 0 Å². The smallest absolute Gasteiger partial charge is 0.248 e. The van der Waals surface area contributed by atoms with Crippen LogP contribution in [-0.2, 0) is 49.9 Å². The van der Waals surface area contributed by atoms with E-state index >= 15 is 14.2 Å². The molecule has 0 spiro atoms. The fraction of sp³-hybridized carbons (Fsp3) is 0.333. The molecule has 3 aromatic carbocycles. The van der Waals surface area contributed by atoms with Gasteiger partial charge in [0.05, 0.1) is 52.9 Å². The SMILES string of the molecule is C=CCOCc1c(C)c(COCC=C)c(C)c(C(=O)P(=O)(C(=O)c2c(C)c(COCC=C)c(C)c(COCC=C)c2C)c2ccccc2)c1C. The zero-order valence-corrected chi connectivity index (χ0v) is 31.4. The summed E-state index contributed by atoms with van der Waals surface area (Å²) < 4.78 is 39.3. The third-order valence-electron chi connectivity index (χ3n) is 9.17. The summed E-state index contributed by atoms with van der Waals surface area (Å²) in [5, 5.41) is 0.163. The lowest BCUT2D eigenvalue weighted by molar-refractivity contribution is 0.103. The minimum Gasteiger partial charge on any atom is -0.373 e. The highest BCUT2D eigenvalue weighted by molar-refractivity contribution is 8.01. The van der Waals surface area contributed by atoms with Gasteiger partial charge in [0.15, 0.2) is 0 Å². The largest absolute Gasteiger partial charge is 0.373 e. The van der Waals surface area contributed by atoms with E-state index in [0.717, 1.165) is 33.4 Å². The molecule has 0 N–H and O–H groups in total. The van der Waals surface area contributed by atoms with Crippen molar-refractivity contribution in [1.82, 2.24) is 0 Å². The van der Waals surface area contributed by atoms with Crippen molar-refractivity contribution in [3.63, 3.8) is 0 Å². The lowest BCUT2D eigenvalue weighted by atomic mass is 9.89. The van der Waals surface area contributed by atoms with Gasteiger partial charge in [0.2, 0.25) is 18.2 Å². The van der Waals surface area contributed by atoms with Gasteiger partial charge in [-0.2, -0.15) is 0 Å². The van der Waals surface area contributed by atoms with Gasteiger partial charge in [-0.1, -0.05) is 54.6 Å². The highest BCUT2D eigenvalue weighted by Gasteiger charge is 2.46. The molecule has 0 saturated carbocycles. The third-order valence-corrected chi connectivity index (χ3v) is 11.8. The standard InChI is InChI=1S/C42H51O7P/c1-11-20-46-24-35-28(5)36(25-47-21-12-2)31(8)39(30(35)7)41(43)50(45,34-18-16-15-17-19-34)42(44)40-32(9)37(26-48-22-13-3)29(6)38(33(40)10)27-49-23-14-4/h11-19H,1-4,20-27H2,5-10H3. The molecule has 0 radical (unpaired) electrons. The zero-order valence-electron chi connectivity index (χ0n) is 30.5. The molecule has 0 saturated heterocycles. The average Bonchev–Trinajstić information content (AvgIpc) is 3.10. The topological polar surface area (TPSA) is 88.1 Å². The lowest BCUT2D eigenvalue weighted by Crippen LogP contribution is -2.25. The van der Waals surface area contributed by atoms with Gasteiger partial charge in [-0.15, -0.1) is 26.3 Å². The summed E-state index contributed by atoms with van der Waals surface area (Å²) >= 11 is 0. The maximum Gasteiger partial charge on any atom is 0.248 e. The normalized spacial score (nSPS) is 11.3. The predicted molar refractivity (Wildman–Crippen MR) is 203 cm³/mol. The monoisotopic (exact) mass is 698 g/mol. The molecule has 0 aliphatic rings. The molecule has 3 rings (SSSR count). The number of benzene rings is 3. The molecule has 0 atom stereocenters. The van der Waals surface area contributed by atoms with Crippen molar-refractivity contribution >= 4 is 23.5 Å². The molecule has 0 aliphatic carbocycles. The van der Waals surface area contributed by atoms with Crippen LogP contribution in [0, 0.1) is 41.5 Å². The first-order valence-corrected chi connectivity index (χ1v) is 18.4. The molecule has 0 heterocycles. The van der Waals surface area contributed by atoms with Gasteiger partial charge in [0.1, 0.15) is 0 Å². The van der Waals surface area contributed by atoms with E-state index < -0.39 is 18.2 Å². The van der Waals surface area contributed by atoms with Gasteiger partial charge in [-0.05, 0) is 97.2 Å². The second kappa shape index (κ2) is 18.9. The second-order valence-electron chi connectivity index (χ2n) is 12.2. The van der Waals surface area contributed by atoms with Gasteiger partial charge < -0.3 is 23.5 Å². The summed E-state index contributed by atoms with van der Waals surface area (Å²) in [5.41, 5.74) is 6.36. The minimum atomic E-state index is -4.55. The van der Waals surface area contributed by atoms with Gasteiger partial charge in [0, 0.05) is 16.4 Å². The number of hydrogen-bond acceptors (Lipinski definition) is 7. The number of rotatable bonds is 21. The molecule has 266 valence electrons. The Labute approximate surface area is 298 Å². The third kappa shape index (κ3) is 8.48. The molecular formula is C42H51O7P. The average molecular weight is 699 g/mol. The molecular weight excluding hydrogens is 647 g/mol. The number of ether oxygens (including phenoxy) is 4. The van der Waals surface area contributed by atoms with Gasteiger partial charge in [-0.3, -0.25) is 9.59 Å². The molecule has 0 bridgehead atoms. The Kier molecular flexibility index (Phi) is 15.3. The second-order valence-corrected chi connectivity index (χ2v) is 14.7. The van der Waals surface area contributed by atoms with Crippen molar-refractivity contribution in [2.24, 2.45) is 0 Å². The van der Waals surface area contributed by atoms with Gasteiger partial charge >= 0.3 is 0 Å². The molecule has 0 amide bonds. The first-order valence-electron chi connectivity index (χ1n) is 16.7. The Bertz CT molecular complexity index is 1610. The minimum absolute atomic E-state index is 0.163. The van der Waals surface area contributed by atoms with Gasteiger partial charge in [-0.25, -0.2) is 0 Å². The maximum atomic E-state index is 15.8. The van der Waals surface area contributed by atoms with Crippen LogP contribution in [0.4, 0.5) is 0 Å². The summed E-state index contributed by atoms with van der Waals surface area (Å²) in [4.78, 5) is 30.4. The van der Waals surface area contributed by atoms with Crippen molar-refractivity contribution in [3.05, 3.63) is 148 Å². The molecule has 0 unspecified atom stereocenters. The van der Waals surface area contributed by atoms with Crippen LogP contribution in [0.3, 0.4) is 0 Å². The van der Waals surface area contributed by atoms with E-state index in [1.54, 1.807) is 54.6 Å². The Balaban J connectivity index is 2.41. The van der Waals surface area contributed by atoms with Crippen molar-refractivity contribution in [2.75, 3.05) is 26.4 Å². The van der Waals surface area contributed by atoms with Crippen LogP contribution in [0.25, 0.3) is 0 Å². The Hall–Kier alpha value is -3.97. The molecule has 3 aromatic rings. The van der Waals surface area contributed by atoms with E-state index in [2.05, 4.69) is 26.3 Å². The Morgan fingerprint density at radius 2 is 0.800 bits per heavy atom. The highest BCUT2D eigenvalue weighted by Crippen LogP contribution is 2.54. The molecule has 0 aliphatic heterocycles. The van der Waals surface area contributed by atoms with Crippen LogP contribution < -0.4 is 5.30 Å². The maximum absolute atomic E-state index is 15.8. The summed E-state index contributed by atoms with van der Waals surface area (Å²) in [6.07, 6.45) is 6.61. The van der Waals surface area contributed by atoms with Crippen LogP contribution in [0.15, 0.2) is 81.0 Å². The summed E-state index contributed by atoms with van der Waals surface area (Å²) in [5.74, 6) is 0. The van der Waals surface area contributed by atoms with Crippen molar-refractivity contribution in [2.45, 2.75) is 68.0 Å². The van der Waals surface area contributed by atoms with Crippen LogP contribution in [-0.4, -0.2) is 37.5 Å². The summed E-state index contributed by atoms with van der Waals surface area (Å²) in [6, 6.07) is 8.34. The predicted octanol–water partition coefficient (Wildman–Crippen LogP) is 9.02. The fourth-order valence-corrected chi connectivity index (χ4v) is 8.97. The summed E-state index contributed by atoms with van der Waals surface area (Å²) in [7, 11) is -4.55. The fourth-order valence-electron chi connectivity index (χ4n) is 6.42. The van der Waals surface area contributed by atoms with Gasteiger partial charge in [0.25, 0.3) is 0 Å². The number of carbonyl (C=O) groups is 2. The molecule has 8 heteroatoms. The Morgan fingerprint density at radius 3 is 1.06 bits per heavy atom. The number of hydrogen-bond donors (Lipinski definition) is 0. The van der Waals surface area contributed by atoms with Crippen molar-refractivity contribution < 1.29 is 33.1 Å². The molecule has 0 fully saturated rings. The lowest BCUT2D eigenvalue weighted by Gasteiger charge is -2.26. The van der Waals surface area contributed by atoms with Crippen LogP contribution in [0.1, 0.15) is 76.4 Å². The van der Waals surface area contributed by atoms with E-state index in [1.807, 2.05) is 41.5 Å². The van der Waals surface area contributed by atoms with E-state index in [9.17, 15) is 0 Å². The molecule has 50 heavy (non-hydrogen) atoms. The van der Waals surface area contributed by atoms with E-state index in [-0.39, 0.29) is 42.9 Å². The first kappa shape index (κ1) is 40.5. The Morgan fingerprint density at radius 1 is 0.520 bits per heavy atom. The van der Waals surface area contributed by atoms with Crippen LogP contribution in [0.2, 0.25) is 0 Å². The number of carbonyl (C=O) groups excluding carboxylic acids is 2. The molecule has 0 aromatic heterocycles. The summed E-state index contributed by atoms with van der Waals surface area (Å²) in [6.45, 7) is 28.2. The molecule has 7 nitrogen and oxygen atoms in total. The highest BCUT2D eigenvalue weighted by atomic mass is 31.2. The quantitative estimate of drug-likeness (QED) is 0.0623. The van der Waals surface area contributed by atoms with Crippen molar-refractivity contribution in [3.8, 4) is 0 Å². The first-order chi connectivity index (χ1) is 23.9.